The molecule has 0 spiro atoms. The van der Waals surface area contributed by atoms with Gasteiger partial charge in [-0.1, -0.05) is 29.8 Å². The molecule has 2 heterocycles. The summed E-state index contributed by atoms with van der Waals surface area (Å²) in [5.41, 5.74) is 2.05. The summed E-state index contributed by atoms with van der Waals surface area (Å²) in [5.74, 6) is 1.79. The van der Waals surface area contributed by atoms with Gasteiger partial charge in [0, 0.05) is 44.3 Å². The molecule has 0 fully saturated rings. The first-order valence-electron chi connectivity index (χ1n) is 8.70. The van der Waals surface area contributed by atoms with Crippen LogP contribution in [0.5, 0.6) is 0 Å². The molecular weight excluding hydrogens is 475 g/mol. The molecule has 3 rings (SSSR count). The van der Waals surface area contributed by atoms with Crippen molar-refractivity contribution in [3.8, 4) is 0 Å². The summed E-state index contributed by atoms with van der Waals surface area (Å²) in [6.45, 7) is 4.29. The lowest BCUT2D eigenvalue weighted by Gasteiger charge is -2.22. The van der Waals surface area contributed by atoms with Gasteiger partial charge in [0.1, 0.15) is 5.82 Å². The van der Waals surface area contributed by atoms with E-state index in [0.717, 1.165) is 42.0 Å². The van der Waals surface area contributed by atoms with E-state index in [2.05, 4.69) is 27.3 Å². The maximum Gasteiger partial charge on any atom is 0.193 e. The summed E-state index contributed by atoms with van der Waals surface area (Å²) in [6, 6.07) is 13.8. The van der Waals surface area contributed by atoms with E-state index in [1.54, 1.807) is 0 Å². The van der Waals surface area contributed by atoms with Crippen LogP contribution < -0.4 is 5.32 Å². The molecule has 0 unspecified atom stereocenters. The number of halogens is 2. The number of guanidine groups is 1. The van der Waals surface area contributed by atoms with Crippen LogP contribution in [0.4, 0.5) is 0 Å². The molecule has 144 valence electrons. The number of fused-ring (bicyclic) bond motifs is 1. The maximum atomic E-state index is 5.96. The zero-order valence-corrected chi connectivity index (χ0v) is 18.6. The number of aliphatic imine (C=N–C) groups is 1. The molecule has 0 bridgehead atoms. The number of nitrogens with one attached hydrogen (secondary N) is 1. The molecule has 0 aliphatic rings. The lowest BCUT2D eigenvalue weighted by molar-refractivity contribution is 0.477. The second kappa shape index (κ2) is 10.5. The van der Waals surface area contributed by atoms with E-state index < -0.39 is 0 Å². The molecule has 0 saturated carbocycles. The Labute approximate surface area is 181 Å². The van der Waals surface area contributed by atoms with Crippen LogP contribution >= 0.6 is 35.6 Å². The Morgan fingerprint density at radius 2 is 1.96 bits per heavy atom. The van der Waals surface area contributed by atoms with Crippen LogP contribution in [-0.2, 0) is 13.0 Å². The molecule has 0 atom stereocenters. The first-order chi connectivity index (χ1) is 12.7. The number of pyridine rings is 1. The molecule has 0 aliphatic carbocycles. The highest BCUT2D eigenvalue weighted by Gasteiger charge is 2.08. The van der Waals surface area contributed by atoms with Crippen molar-refractivity contribution < 1.29 is 0 Å². The number of hydrogen-bond donors (Lipinski definition) is 1. The largest absolute Gasteiger partial charge is 0.357 e. The predicted molar refractivity (Wildman–Crippen MR) is 121 cm³/mol. The van der Waals surface area contributed by atoms with Gasteiger partial charge in [-0.3, -0.25) is 9.39 Å². The number of nitrogens with zero attached hydrogens (tertiary/aromatic N) is 5. The van der Waals surface area contributed by atoms with Crippen molar-refractivity contribution in [2.24, 2.45) is 4.99 Å². The zero-order valence-electron chi connectivity index (χ0n) is 15.5. The SMILES string of the molecule is CCNC(=NCCc1nnc2ccccn12)N(C)Cc1ccc(Cl)cc1.I. The molecule has 3 aromatic rings. The summed E-state index contributed by atoms with van der Waals surface area (Å²) in [4.78, 5) is 6.84. The smallest absolute Gasteiger partial charge is 0.193 e. The second-order valence-corrected chi connectivity index (χ2v) is 6.45. The molecule has 0 amide bonds. The van der Waals surface area contributed by atoms with E-state index in [4.69, 9.17) is 16.6 Å². The molecule has 2 aromatic heterocycles. The molecule has 1 aromatic carbocycles. The third kappa shape index (κ3) is 5.80. The fraction of sp³-hybridized carbons (Fsp3) is 0.316. The van der Waals surface area contributed by atoms with E-state index in [0.29, 0.717) is 6.54 Å². The van der Waals surface area contributed by atoms with Crippen molar-refractivity contribution in [1.82, 2.24) is 24.8 Å². The van der Waals surface area contributed by atoms with Gasteiger partial charge in [-0.2, -0.15) is 0 Å². The van der Waals surface area contributed by atoms with Gasteiger partial charge in [0.15, 0.2) is 11.6 Å². The predicted octanol–water partition coefficient (Wildman–Crippen LogP) is 3.64. The number of rotatable bonds is 6. The lowest BCUT2D eigenvalue weighted by Crippen LogP contribution is -2.38. The van der Waals surface area contributed by atoms with Crippen molar-refractivity contribution in [3.05, 3.63) is 65.1 Å². The first kappa shape index (κ1) is 21.4. The van der Waals surface area contributed by atoms with Crippen LogP contribution in [0.1, 0.15) is 18.3 Å². The summed E-state index contributed by atoms with van der Waals surface area (Å²) in [5, 5.41) is 12.5. The lowest BCUT2D eigenvalue weighted by atomic mass is 10.2. The highest BCUT2D eigenvalue weighted by atomic mass is 127. The summed E-state index contributed by atoms with van der Waals surface area (Å²) >= 11 is 5.96. The van der Waals surface area contributed by atoms with Crippen molar-refractivity contribution in [2.45, 2.75) is 19.9 Å². The topological polar surface area (TPSA) is 57.8 Å². The van der Waals surface area contributed by atoms with Gasteiger partial charge in [-0.05, 0) is 36.8 Å². The Bertz CT molecular complexity index is 877. The van der Waals surface area contributed by atoms with Crippen LogP contribution in [0.25, 0.3) is 5.65 Å². The zero-order chi connectivity index (χ0) is 18.4. The first-order valence-corrected chi connectivity index (χ1v) is 9.07. The van der Waals surface area contributed by atoms with Crippen LogP contribution in [0, 0.1) is 0 Å². The van der Waals surface area contributed by atoms with E-state index >= 15 is 0 Å². The van der Waals surface area contributed by atoms with Crippen LogP contribution in [0.3, 0.4) is 0 Å². The fourth-order valence-corrected chi connectivity index (χ4v) is 2.86. The van der Waals surface area contributed by atoms with Gasteiger partial charge in [0.25, 0.3) is 0 Å². The van der Waals surface area contributed by atoms with Crippen molar-refractivity contribution >= 4 is 47.2 Å². The highest BCUT2D eigenvalue weighted by Crippen LogP contribution is 2.11. The molecule has 0 radical (unpaired) electrons. The molecule has 8 heteroatoms. The highest BCUT2D eigenvalue weighted by molar-refractivity contribution is 14.0. The molecule has 27 heavy (non-hydrogen) atoms. The molecular formula is C19H24ClIN6. The van der Waals surface area contributed by atoms with Crippen molar-refractivity contribution in [3.63, 3.8) is 0 Å². The quantitative estimate of drug-likeness (QED) is 0.320. The average Bonchev–Trinajstić information content (AvgIpc) is 3.06. The molecule has 0 aliphatic heterocycles. The van der Waals surface area contributed by atoms with Crippen molar-refractivity contribution in [2.75, 3.05) is 20.1 Å². The van der Waals surface area contributed by atoms with E-state index in [1.807, 2.05) is 60.1 Å². The van der Waals surface area contributed by atoms with Crippen LogP contribution in [-0.4, -0.2) is 45.6 Å². The molecule has 0 saturated heterocycles. The monoisotopic (exact) mass is 498 g/mol. The number of aromatic nitrogens is 3. The third-order valence-electron chi connectivity index (χ3n) is 4.01. The van der Waals surface area contributed by atoms with Gasteiger partial charge < -0.3 is 10.2 Å². The Morgan fingerprint density at radius 3 is 2.70 bits per heavy atom. The van der Waals surface area contributed by atoms with Crippen LogP contribution in [0.15, 0.2) is 53.7 Å². The van der Waals surface area contributed by atoms with Gasteiger partial charge in [-0.15, -0.1) is 34.2 Å². The van der Waals surface area contributed by atoms with E-state index in [-0.39, 0.29) is 24.0 Å². The van der Waals surface area contributed by atoms with Crippen LogP contribution in [0.2, 0.25) is 5.02 Å². The summed E-state index contributed by atoms with van der Waals surface area (Å²) in [7, 11) is 2.03. The minimum atomic E-state index is 0. The summed E-state index contributed by atoms with van der Waals surface area (Å²) in [6.07, 6.45) is 2.71. The minimum absolute atomic E-state index is 0. The molecule has 6 nitrogen and oxygen atoms in total. The Kier molecular flexibility index (Phi) is 8.30. The summed E-state index contributed by atoms with van der Waals surface area (Å²) < 4.78 is 2.00. The average molecular weight is 499 g/mol. The van der Waals surface area contributed by atoms with E-state index in [1.165, 1.54) is 5.56 Å². The second-order valence-electron chi connectivity index (χ2n) is 6.01. The molecule has 1 N–H and O–H groups in total. The van der Waals surface area contributed by atoms with Gasteiger partial charge >= 0.3 is 0 Å². The van der Waals surface area contributed by atoms with Gasteiger partial charge in [0.05, 0.1) is 0 Å². The Balaban J connectivity index is 0.00000261. The normalized spacial score (nSPS) is 11.3. The Hall–Kier alpha value is -1.87. The van der Waals surface area contributed by atoms with Gasteiger partial charge in [0.2, 0.25) is 0 Å². The van der Waals surface area contributed by atoms with Gasteiger partial charge in [-0.25, -0.2) is 0 Å². The third-order valence-corrected chi connectivity index (χ3v) is 4.26. The Morgan fingerprint density at radius 1 is 1.19 bits per heavy atom. The van der Waals surface area contributed by atoms with E-state index in [9.17, 15) is 0 Å². The fourth-order valence-electron chi connectivity index (χ4n) is 2.73. The number of hydrogen-bond acceptors (Lipinski definition) is 3. The number of benzene rings is 1. The minimum Gasteiger partial charge on any atom is -0.357 e. The maximum absolute atomic E-state index is 5.96. The van der Waals surface area contributed by atoms with Crippen molar-refractivity contribution in [1.29, 1.82) is 0 Å². The standard InChI is InChI=1S/C19H23ClN6.HI/c1-3-21-19(25(2)14-15-7-9-16(20)10-8-15)22-12-11-18-24-23-17-6-4-5-13-26(17)18;/h4-10,13H,3,11-12,14H2,1-2H3,(H,21,22);1H.